The molecular formula is C21H21NO3. The van der Waals surface area contributed by atoms with Crippen molar-refractivity contribution < 1.29 is 14.6 Å². The highest BCUT2D eigenvalue weighted by atomic mass is 16.5. The summed E-state index contributed by atoms with van der Waals surface area (Å²) in [6.07, 6.45) is 0.367. The van der Waals surface area contributed by atoms with Crippen molar-refractivity contribution in [2.75, 3.05) is 7.11 Å². The summed E-state index contributed by atoms with van der Waals surface area (Å²) in [5.74, 6) is 0.774. The summed E-state index contributed by atoms with van der Waals surface area (Å²) in [7, 11) is 1.61. The fourth-order valence-corrected chi connectivity index (χ4v) is 2.99. The van der Waals surface area contributed by atoms with Gasteiger partial charge >= 0.3 is 0 Å². The molecule has 2 N–H and O–H groups in total. The van der Waals surface area contributed by atoms with Crippen LogP contribution in [0.2, 0.25) is 0 Å². The Kier molecular flexibility index (Phi) is 4.89. The van der Waals surface area contributed by atoms with E-state index >= 15 is 0 Å². The molecule has 4 heteroatoms. The Hall–Kier alpha value is -3.01. The monoisotopic (exact) mass is 335 g/mol. The number of phenols is 1. The number of methoxy groups -OCH3 is 1. The van der Waals surface area contributed by atoms with E-state index in [0.717, 1.165) is 16.3 Å². The molecule has 25 heavy (non-hydrogen) atoms. The van der Waals surface area contributed by atoms with Gasteiger partial charge in [-0.3, -0.25) is 4.79 Å². The molecule has 0 aromatic heterocycles. The molecular weight excluding hydrogens is 314 g/mol. The number of rotatable bonds is 5. The van der Waals surface area contributed by atoms with E-state index in [1.54, 1.807) is 20.1 Å². The number of nitrogens with one attached hydrogen (secondary N) is 1. The maximum absolute atomic E-state index is 12.1. The maximum Gasteiger partial charge on any atom is 0.220 e. The van der Waals surface area contributed by atoms with E-state index in [4.69, 9.17) is 4.74 Å². The molecule has 3 aromatic carbocycles. The van der Waals surface area contributed by atoms with Gasteiger partial charge in [0.2, 0.25) is 5.91 Å². The van der Waals surface area contributed by atoms with Gasteiger partial charge in [-0.15, -0.1) is 0 Å². The van der Waals surface area contributed by atoms with Gasteiger partial charge in [-0.05, 0) is 34.5 Å². The second-order valence-corrected chi connectivity index (χ2v) is 5.85. The van der Waals surface area contributed by atoms with Gasteiger partial charge in [-0.1, -0.05) is 49.4 Å². The number of aromatic hydroxyl groups is 1. The molecule has 0 aliphatic heterocycles. The van der Waals surface area contributed by atoms with E-state index in [9.17, 15) is 9.90 Å². The number of fused-ring (bicyclic) bond motifs is 1. The van der Waals surface area contributed by atoms with Crippen LogP contribution in [-0.4, -0.2) is 18.1 Å². The molecule has 0 radical (unpaired) electrons. The van der Waals surface area contributed by atoms with Crippen LogP contribution in [0.4, 0.5) is 0 Å². The van der Waals surface area contributed by atoms with Gasteiger partial charge in [-0.25, -0.2) is 0 Å². The van der Waals surface area contributed by atoms with E-state index in [-0.39, 0.29) is 11.7 Å². The molecule has 0 aliphatic carbocycles. The van der Waals surface area contributed by atoms with Gasteiger partial charge in [0.25, 0.3) is 0 Å². The van der Waals surface area contributed by atoms with Crippen molar-refractivity contribution in [3.63, 3.8) is 0 Å². The van der Waals surface area contributed by atoms with Crippen LogP contribution in [0.1, 0.15) is 30.5 Å². The summed E-state index contributed by atoms with van der Waals surface area (Å²) in [4.78, 5) is 12.1. The average molecular weight is 335 g/mol. The lowest BCUT2D eigenvalue weighted by atomic mass is 9.92. The first-order valence-corrected chi connectivity index (χ1v) is 8.28. The predicted octanol–water partition coefficient (Wildman–Crippen LogP) is 4.17. The third kappa shape index (κ3) is 3.43. The molecule has 3 rings (SSSR count). The molecule has 1 amide bonds. The lowest BCUT2D eigenvalue weighted by molar-refractivity contribution is -0.121. The highest BCUT2D eigenvalue weighted by Crippen LogP contribution is 2.36. The van der Waals surface area contributed by atoms with Crippen LogP contribution in [0.3, 0.4) is 0 Å². The third-order valence-electron chi connectivity index (χ3n) is 4.29. The molecule has 0 saturated heterocycles. The Labute approximate surface area is 147 Å². The molecule has 128 valence electrons. The number of hydrogen-bond donors (Lipinski definition) is 2. The SMILES string of the molecule is CCC(=O)NC(c1cccc(OC)c1)c1c(O)ccc2ccccc12. The summed E-state index contributed by atoms with van der Waals surface area (Å²) in [5, 5.41) is 15.5. The lowest BCUT2D eigenvalue weighted by Gasteiger charge is -2.23. The molecule has 0 spiro atoms. The molecule has 1 atom stereocenters. The van der Waals surface area contributed by atoms with Crippen molar-refractivity contribution in [1.29, 1.82) is 0 Å². The van der Waals surface area contributed by atoms with E-state index in [1.165, 1.54) is 0 Å². The minimum absolute atomic E-state index is 0.0832. The number of benzene rings is 3. The van der Waals surface area contributed by atoms with Gasteiger partial charge in [0.15, 0.2) is 0 Å². The van der Waals surface area contributed by atoms with E-state index < -0.39 is 6.04 Å². The number of hydrogen-bond acceptors (Lipinski definition) is 3. The zero-order valence-electron chi connectivity index (χ0n) is 14.3. The molecule has 0 heterocycles. The Morgan fingerprint density at radius 1 is 1.12 bits per heavy atom. The molecule has 4 nitrogen and oxygen atoms in total. The van der Waals surface area contributed by atoms with Crippen LogP contribution < -0.4 is 10.1 Å². The Morgan fingerprint density at radius 2 is 1.92 bits per heavy atom. The first-order chi connectivity index (χ1) is 12.1. The van der Waals surface area contributed by atoms with Crippen LogP contribution in [0.25, 0.3) is 10.8 Å². The van der Waals surface area contributed by atoms with Crippen molar-refractivity contribution in [2.45, 2.75) is 19.4 Å². The predicted molar refractivity (Wildman–Crippen MR) is 98.9 cm³/mol. The quantitative estimate of drug-likeness (QED) is 0.736. The van der Waals surface area contributed by atoms with Crippen LogP contribution in [-0.2, 0) is 4.79 Å². The highest BCUT2D eigenvalue weighted by Gasteiger charge is 2.22. The number of carbonyl (C=O) groups is 1. The second kappa shape index (κ2) is 7.26. The Bertz CT molecular complexity index is 905. The molecule has 0 aliphatic rings. The fraction of sp³-hybridized carbons (Fsp3) is 0.190. The summed E-state index contributed by atoms with van der Waals surface area (Å²) < 4.78 is 5.31. The van der Waals surface area contributed by atoms with Crippen LogP contribution in [0, 0.1) is 0 Å². The minimum atomic E-state index is -0.464. The van der Waals surface area contributed by atoms with Crippen molar-refractivity contribution in [3.8, 4) is 11.5 Å². The topological polar surface area (TPSA) is 58.6 Å². The van der Waals surface area contributed by atoms with Crippen LogP contribution >= 0.6 is 0 Å². The first-order valence-electron chi connectivity index (χ1n) is 8.28. The van der Waals surface area contributed by atoms with Crippen molar-refractivity contribution in [3.05, 3.63) is 71.8 Å². The summed E-state index contributed by atoms with van der Waals surface area (Å²) in [5.41, 5.74) is 1.54. The summed E-state index contributed by atoms with van der Waals surface area (Å²) in [6.45, 7) is 1.81. The van der Waals surface area contributed by atoms with Crippen LogP contribution in [0.15, 0.2) is 60.7 Å². The molecule has 0 saturated carbocycles. The zero-order chi connectivity index (χ0) is 17.8. The van der Waals surface area contributed by atoms with E-state index in [1.807, 2.05) is 54.6 Å². The van der Waals surface area contributed by atoms with Gasteiger partial charge in [-0.2, -0.15) is 0 Å². The van der Waals surface area contributed by atoms with Gasteiger partial charge < -0.3 is 15.2 Å². The van der Waals surface area contributed by atoms with Crippen LogP contribution in [0.5, 0.6) is 11.5 Å². The highest BCUT2D eigenvalue weighted by molar-refractivity contribution is 5.89. The largest absolute Gasteiger partial charge is 0.508 e. The summed E-state index contributed by atoms with van der Waals surface area (Å²) >= 11 is 0. The summed E-state index contributed by atoms with van der Waals surface area (Å²) in [6, 6.07) is 18.4. The van der Waals surface area contributed by atoms with E-state index in [2.05, 4.69) is 5.32 Å². The average Bonchev–Trinajstić information content (AvgIpc) is 2.66. The smallest absolute Gasteiger partial charge is 0.220 e. The number of carbonyl (C=O) groups excluding carboxylic acids is 1. The minimum Gasteiger partial charge on any atom is -0.508 e. The zero-order valence-corrected chi connectivity index (χ0v) is 14.3. The van der Waals surface area contributed by atoms with Gasteiger partial charge in [0.05, 0.1) is 13.2 Å². The van der Waals surface area contributed by atoms with Crippen molar-refractivity contribution in [1.82, 2.24) is 5.32 Å². The second-order valence-electron chi connectivity index (χ2n) is 5.85. The van der Waals surface area contributed by atoms with Gasteiger partial charge in [0.1, 0.15) is 11.5 Å². The number of phenolic OH excluding ortho intramolecular Hbond substituents is 1. The molecule has 3 aromatic rings. The lowest BCUT2D eigenvalue weighted by Crippen LogP contribution is -2.28. The Balaban J connectivity index is 2.21. The molecule has 1 unspecified atom stereocenters. The molecule has 0 fully saturated rings. The maximum atomic E-state index is 12.1. The third-order valence-corrected chi connectivity index (χ3v) is 4.29. The first kappa shape index (κ1) is 16.8. The van der Waals surface area contributed by atoms with Crippen molar-refractivity contribution in [2.24, 2.45) is 0 Å². The normalized spacial score (nSPS) is 11.9. The fourth-order valence-electron chi connectivity index (χ4n) is 2.99. The Morgan fingerprint density at radius 3 is 2.68 bits per heavy atom. The molecule has 0 bridgehead atoms. The number of amides is 1. The number of ether oxygens (including phenoxy) is 1. The van der Waals surface area contributed by atoms with Gasteiger partial charge in [0, 0.05) is 12.0 Å². The van der Waals surface area contributed by atoms with E-state index in [0.29, 0.717) is 17.7 Å². The van der Waals surface area contributed by atoms with Crippen molar-refractivity contribution >= 4 is 16.7 Å². The standard InChI is InChI=1S/C21H21NO3/c1-3-19(24)22-21(15-8-6-9-16(13-15)25-2)20-17-10-5-4-7-14(17)11-12-18(20)23/h4-13,21,23H,3H2,1-2H3,(H,22,24).